The van der Waals surface area contributed by atoms with Crippen LogP contribution in [0.4, 0.5) is 11.4 Å². The van der Waals surface area contributed by atoms with Crippen molar-refractivity contribution in [3.63, 3.8) is 0 Å². The Labute approximate surface area is 120 Å². The smallest absolute Gasteiger partial charge is 0.340 e. The third kappa shape index (κ3) is 3.44. The molecule has 1 saturated carbocycles. The van der Waals surface area contributed by atoms with Gasteiger partial charge < -0.3 is 15.8 Å². The van der Waals surface area contributed by atoms with E-state index < -0.39 is 0 Å². The molecule has 0 unspecified atom stereocenters. The van der Waals surface area contributed by atoms with E-state index in [9.17, 15) is 4.79 Å². The van der Waals surface area contributed by atoms with Crippen molar-refractivity contribution in [2.75, 3.05) is 17.7 Å². The van der Waals surface area contributed by atoms with Gasteiger partial charge in [0.1, 0.15) is 0 Å². The number of rotatable bonds is 4. The third-order valence-electron chi connectivity index (χ3n) is 3.96. The zero-order valence-corrected chi connectivity index (χ0v) is 12.3. The number of anilines is 2. The minimum Gasteiger partial charge on any atom is -0.462 e. The number of carbonyl (C=O) groups excluding carboxylic acids is 1. The Balaban J connectivity index is 2.15. The zero-order chi connectivity index (χ0) is 14.5. The lowest BCUT2D eigenvalue weighted by Gasteiger charge is -2.28. The highest BCUT2D eigenvalue weighted by Gasteiger charge is 2.21. The second-order valence-electron chi connectivity index (χ2n) is 5.59. The monoisotopic (exact) mass is 276 g/mol. The Hall–Kier alpha value is -1.71. The maximum absolute atomic E-state index is 12.0. The molecule has 110 valence electrons. The summed E-state index contributed by atoms with van der Waals surface area (Å²) in [4.78, 5) is 12.0. The van der Waals surface area contributed by atoms with Crippen LogP contribution in [-0.4, -0.2) is 18.6 Å². The van der Waals surface area contributed by atoms with Crippen LogP contribution in [0.2, 0.25) is 0 Å². The molecule has 20 heavy (non-hydrogen) atoms. The van der Waals surface area contributed by atoms with E-state index in [0.717, 1.165) is 24.4 Å². The van der Waals surface area contributed by atoms with E-state index in [1.165, 1.54) is 12.8 Å². The van der Waals surface area contributed by atoms with Crippen molar-refractivity contribution >= 4 is 17.3 Å². The molecule has 0 aliphatic heterocycles. The Kier molecular flexibility index (Phi) is 4.88. The van der Waals surface area contributed by atoms with E-state index in [4.69, 9.17) is 10.5 Å². The maximum Gasteiger partial charge on any atom is 0.340 e. The molecule has 2 rings (SSSR count). The highest BCUT2D eigenvalue weighted by molar-refractivity contribution is 5.98. The van der Waals surface area contributed by atoms with Crippen molar-refractivity contribution in [1.29, 1.82) is 0 Å². The molecular weight excluding hydrogens is 252 g/mol. The normalized spacial score (nSPS) is 22.3. The van der Waals surface area contributed by atoms with Gasteiger partial charge in [-0.3, -0.25) is 0 Å². The summed E-state index contributed by atoms with van der Waals surface area (Å²) in [5, 5.41) is 3.45. The van der Waals surface area contributed by atoms with Crippen LogP contribution in [0.25, 0.3) is 0 Å². The van der Waals surface area contributed by atoms with Gasteiger partial charge in [-0.2, -0.15) is 0 Å². The van der Waals surface area contributed by atoms with Gasteiger partial charge in [-0.15, -0.1) is 0 Å². The van der Waals surface area contributed by atoms with E-state index in [-0.39, 0.29) is 5.97 Å². The molecule has 1 fully saturated rings. The van der Waals surface area contributed by atoms with E-state index in [1.54, 1.807) is 19.1 Å². The molecule has 1 aliphatic carbocycles. The summed E-state index contributed by atoms with van der Waals surface area (Å²) in [6.45, 7) is 4.46. The lowest BCUT2D eigenvalue weighted by molar-refractivity contribution is 0.0527. The molecule has 3 N–H and O–H groups in total. The Bertz CT molecular complexity index is 466. The SMILES string of the molecule is CCOC(=O)c1cccc(N)c1NC1CCC(C)CC1. The Morgan fingerprint density at radius 3 is 2.70 bits per heavy atom. The number of esters is 1. The molecule has 0 amide bonds. The summed E-state index contributed by atoms with van der Waals surface area (Å²) >= 11 is 0. The first-order valence-corrected chi connectivity index (χ1v) is 7.44. The topological polar surface area (TPSA) is 64.3 Å². The molecule has 1 aliphatic rings. The van der Waals surface area contributed by atoms with Gasteiger partial charge in [-0.1, -0.05) is 13.0 Å². The van der Waals surface area contributed by atoms with Crippen LogP contribution >= 0.6 is 0 Å². The van der Waals surface area contributed by atoms with Crippen LogP contribution in [0.15, 0.2) is 18.2 Å². The van der Waals surface area contributed by atoms with Gasteiger partial charge >= 0.3 is 5.97 Å². The summed E-state index contributed by atoms with van der Waals surface area (Å²) in [5.74, 6) is 0.483. The van der Waals surface area contributed by atoms with Crippen molar-refractivity contribution in [3.05, 3.63) is 23.8 Å². The number of nitrogens with one attached hydrogen (secondary N) is 1. The molecule has 0 bridgehead atoms. The molecule has 1 aromatic carbocycles. The summed E-state index contributed by atoms with van der Waals surface area (Å²) in [5.41, 5.74) is 7.90. The van der Waals surface area contributed by atoms with Gasteiger partial charge in [0.2, 0.25) is 0 Å². The number of para-hydroxylation sites is 1. The highest BCUT2D eigenvalue weighted by atomic mass is 16.5. The van der Waals surface area contributed by atoms with E-state index in [2.05, 4.69) is 12.2 Å². The average molecular weight is 276 g/mol. The first-order chi connectivity index (χ1) is 9.61. The first kappa shape index (κ1) is 14.7. The van der Waals surface area contributed by atoms with Crippen LogP contribution < -0.4 is 11.1 Å². The molecular formula is C16H24N2O2. The van der Waals surface area contributed by atoms with Gasteiger partial charge in [0, 0.05) is 6.04 Å². The van der Waals surface area contributed by atoms with Crippen LogP contribution in [0, 0.1) is 5.92 Å². The molecule has 0 atom stereocenters. The minimum absolute atomic E-state index is 0.313. The molecule has 0 heterocycles. The Morgan fingerprint density at radius 2 is 2.05 bits per heavy atom. The number of benzene rings is 1. The predicted octanol–water partition coefficient (Wildman–Crippen LogP) is 3.44. The molecule has 0 saturated heterocycles. The quantitative estimate of drug-likeness (QED) is 0.653. The van der Waals surface area contributed by atoms with Crippen LogP contribution in [0.3, 0.4) is 0 Å². The fourth-order valence-electron chi connectivity index (χ4n) is 2.72. The molecule has 0 spiro atoms. The summed E-state index contributed by atoms with van der Waals surface area (Å²) in [6, 6.07) is 5.76. The number of nitrogens with two attached hydrogens (primary N) is 1. The lowest BCUT2D eigenvalue weighted by Crippen LogP contribution is -2.26. The fourth-order valence-corrected chi connectivity index (χ4v) is 2.72. The molecule has 1 aromatic rings. The van der Waals surface area contributed by atoms with Crippen molar-refractivity contribution in [2.24, 2.45) is 5.92 Å². The number of nitrogen functional groups attached to an aromatic ring is 1. The zero-order valence-electron chi connectivity index (χ0n) is 12.3. The second-order valence-corrected chi connectivity index (χ2v) is 5.59. The van der Waals surface area contributed by atoms with Crippen LogP contribution in [-0.2, 0) is 4.74 Å². The summed E-state index contributed by atoms with van der Waals surface area (Å²) in [6.07, 6.45) is 4.69. The van der Waals surface area contributed by atoms with Gasteiger partial charge in [-0.05, 0) is 50.7 Å². The molecule has 0 radical (unpaired) electrons. The average Bonchev–Trinajstić information content (AvgIpc) is 2.43. The molecule has 4 nitrogen and oxygen atoms in total. The standard InChI is InChI=1S/C16H24N2O2/c1-3-20-16(19)13-5-4-6-14(17)15(13)18-12-9-7-11(2)8-10-12/h4-6,11-12,18H,3,7-10,17H2,1-2H3. The molecule has 4 heteroatoms. The number of hydrogen-bond acceptors (Lipinski definition) is 4. The van der Waals surface area contributed by atoms with Crippen molar-refractivity contribution < 1.29 is 9.53 Å². The largest absolute Gasteiger partial charge is 0.462 e. The van der Waals surface area contributed by atoms with Gasteiger partial charge in [0.05, 0.1) is 23.5 Å². The second kappa shape index (κ2) is 6.64. The van der Waals surface area contributed by atoms with Gasteiger partial charge in [0.25, 0.3) is 0 Å². The first-order valence-electron chi connectivity index (χ1n) is 7.44. The maximum atomic E-state index is 12.0. The summed E-state index contributed by atoms with van der Waals surface area (Å²) < 4.78 is 5.10. The highest BCUT2D eigenvalue weighted by Crippen LogP contribution is 2.30. The van der Waals surface area contributed by atoms with Gasteiger partial charge in [0.15, 0.2) is 0 Å². The van der Waals surface area contributed by atoms with Crippen LogP contribution in [0.1, 0.15) is 49.9 Å². The van der Waals surface area contributed by atoms with Crippen molar-refractivity contribution in [3.8, 4) is 0 Å². The van der Waals surface area contributed by atoms with Crippen molar-refractivity contribution in [2.45, 2.75) is 45.6 Å². The molecule has 0 aromatic heterocycles. The van der Waals surface area contributed by atoms with Crippen LogP contribution in [0.5, 0.6) is 0 Å². The third-order valence-corrected chi connectivity index (χ3v) is 3.96. The van der Waals surface area contributed by atoms with Gasteiger partial charge in [-0.25, -0.2) is 4.79 Å². The number of carbonyl (C=O) groups is 1. The summed E-state index contributed by atoms with van der Waals surface area (Å²) in [7, 11) is 0. The lowest BCUT2D eigenvalue weighted by atomic mass is 9.87. The Morgan fingerprint density at radius 1 is 1.35 bits per heavy atom. The van der Waals surface area contributed by atoms with E-state index in [1.807, 2.05) is 6.07 Å². The number of hydrogen-bond donors (Lipinski definition) is 2. The van der Waals surface area contributed by atoms with E-state index >= 15 is 0 Å². The van der Waals surface area contributed by atoms with Crippen molar-refractivity contribution in [1.82, 2.24) is 0 Å². The van der Waals surface area contributed by atoms with E-state index in [0.29, 0.717) is 23.9 Å². The predicted molar refractivity (Wildman–Crippen MR) is 81.9 cm³/mol. The minimum atomic E-state index is -0.313. The fraction of sp³-hybridized carbons (Fsp3) is 0.562. The number of ether oxygens (including phenoxy) is 1.